The van der Waals surface area contributed by atoms with Crippen molar-refractivity contribution in [2.24, 2.45) is 0 Å². The van der Waals surface area contributed by atoms with E-state index in [9.17, 15) is 4.79 Å². The molecule has 0 unspecified atom stereocenters. The van der Waals surface area contributed by atoms with Crippen molar-refractivity contribution in [3.8, 4) is 0 Å². The predicted octanol–water partition coefficient (Wildman–Crippen LogP) is 1.18. The van der Waals surface area contributed by atoms with Crippen molar-refractivity contribution in [3.05, 3.63) is 35.4 Å². The van der Waals surface area contributed by atoms with Crippen LogP contribution in [0.5, 0.6) is 0 Å². The summed E-state index contributed by atoms with van der Waals surface area (Å²) in [6, 6.07) is 7.80. The molecule has 0 aromatic heterocycles. The normalized spacial score (nSPS) is 17.9. The standard InChI is InChI=1S/C16H24N2O2/c1-14-4-2-5-15(12-14)16(20)13-18-7-3-6-17(8-9-18)10-11-19/h2,4-5,12,19H,3,6-11,13H2,1H3. The first-order chi connectivity index (χ1) is 9.69. The number of β-amino-alcohol motifs (C(OH)–C–C–N with tert-alkyl or cyclic N) is 1. The van der Waals surface area contributed by atoms with Gasteiger partial charge in [0.15, 0.2) is 5.78 Å². The van der Waals surface area contributed by atoms with Gasteiger partial charge < -0.3 is 5.11 Å². The molecule has 4 nitrogen and oxygen atoms in total. The van der Waals surface area contributed by atoms with Crippen LogP contribution >= 0.6 is 0 Å². The van der Waals surface area contributed by atoms with E-state index in [0.717, 1.165) is 50.3 Å². The zero-order valence-corrected chi connectivity index (χ0v) is 12.2. The number of carbonyl (C=O) groups is 1. The molecule has 4 heteroatoms. The van der Waals surface area contributed by atoms with Gasteiger partial charge in [0.25, 0.3) is 0 Å². The minimum absolute atomic E-state index is 0.198. The van der Waals surface area contributed by atoms with Gasteiger partial charge in [-0.15, -0.1) is 0 Å². The number of aryl methyl sites for hydroxylation is 1. The third-order valence-electron chi connectivity index (χ3n) is 3.80. The van der Waals surface area contributed by atoms with Crippen LogP contribution in [-0.2, 0) is 0 Å². The number of hydrogen-bond donors (Lipinski definition) is 1. The SMILES string of the molecule is Cc1cccc(C(=O)CN2CCCN(CCO)CC2)c1. The van der Waals surface area contributed by atoms with E-state index in [4.69, 9.17) is 5.11 Å². The minimum Gasteiger partial charge on any atom is -0.395 e. The number of hydrogen-bond acceptors (Lipinski definition) is 4. The molecular formula is C16H24N2O2. The number of rotatable bonds is 5. The van der Waals surface area contributed by atoms with Crippen LogP contribution in [-0.4, -0.2) is 66.6 Å². The van der Waals surface area contributed by atoms with Crippen LogP contribution in [0, 0.1) is 6.92 Å². The van der Waals surface area contributed by atoms with Crippen molar-refractivity contribution in [2.75, 3.05) is 45.9 Å². The highest BCUT2D eigenvalue weighted by Gasteiger charge is 2.17. The molecule has 1 aromatic rings. The van der Waals surface area contributed by atoms with E-state index in [0.29, 0.717) is 6.54 Å². The average molecular weight is 276 g/mol. The van der Waals surface area contributed by atoms with Crippen LogP contribution in [0.1, 0.15) is 22.3 Å². The minimum atomic E-state index is 0.198. The van der Waals surface area contributed by atoms with Crippen LogP contribution in [0.4, 0.5) is 0 Å². The number of benzene rings is 1. The summed E-state index contributed by atoms with van der Waals surface area (Å²) in [6.07, 6.45) is 1.06. The molecule has 0 atom stereocenters. The highest BCUT2D eigenvalue weighted by molar-refractivity contribution is 5.97. The van der Waals surface area contributed by atoms with Crippen LogP contribution in [0.25, 0.3) is 0 Å². The Morgan fingerprint density at radius 1 is 1.20 bits per heavy atom. The number of nitrogens with zero attached hydrogens (tertiary/aromatic N) is 2. The van der Waals surface area contributed by atoms with Crippen molar-refractivity contribution in [1.29, 1.82) is 0 Å². The van der Waals surface area contributed by atoms with E-state index >= 15 is 0 Å². The number of Topliss-reactive ketones (excluding diaryl/α,β-unsaturated/α-hetero) is 1. The fourth-order valence-electron chi connectivity index (χ4n) is 2.66. The Balaban J connectivity index is 1.88. The first kappa shape index (κ1) is 15.2. The largest absolute Gasteiger partial charge is 0.395 e. The smallest absolute Gasteiger partial charge is 0.176 e. The maximum absolute atomic E-state index is 12.3. The van der Waals surface area contributed by atoms with Gasteiger partial charge in [-0.1, -0.05) is 23.8 Å². The van der Waals surface area contributed by atoms with Crippen LogP contribution in [0.2, 0.25) is 0 Å². The fraction of sp³-hybridized carbons (Fsp3) is 0.562. The van der Waals surface area contributed by atoms with Gasteiger partial charge in [0.1, 0.15) is 0 Å². The third kappa shape index (κ3) is 4.40. The Morgan fingerprint density at radius 3 is 2.70 bits per heavy atom. The van der Waals surface area contributed by atoms with Gasteiger partial charge in [0, 0.05) is 25.2 Å². The second kappa shape index (κ2) is 7.53. The van der Waals surface area contributed by atoms with Gasteiger partial charge >= 0.3 is 0 Å². The molecule has 1 N–H and O–H groups in total. The molecule has 1 heterocycles. The topological polar surface area (TPSA) is 43.8 Å². The molecule has 1 aliphatic heterocycles. The summed E-state index contributed by atoms with van der Waals surface area (Å²) in [5.74, 6) is 0.198. The third-order valence-corrected chi connectivity index (χ3v) is 3.80. The summed E-state index contributed by atoms with van der Waals surface area (Å²) >= 11 is 0. The summed E-state index contributed by atoms with van der Waals surface area (Å²) in [4.78, 5) is 16.8. The van der Waals surface area contributed by atoms with E-state index in [1.165, 1.54) is 0 Å². The summed E-state index contributed by atoms with van der Waals surface area (Å²) < 4.78 is 0. The zero-order chi connectivity index (χ0) is 14.4. The first-order valence-corrected chi connectivity index (χ1v) is 7.34. The Labute approximate surface area is 121 Å². The Hall–Kier alpha value is -1.23. The number of aliphatic hydroxyl groups is 1. The van der Waals surface area contributed by atoms with Gasteiger partial charge in [0.05, 0.1) is 13.2 Å². The highest BCUT2D eigenvalue weighted by atomic mass is 16.3. The van der Waals surface area contributed by atoms with E-state index in [1.807, 2.05) is 31.2 Å². The number of carbonyl (C=O) groups excluding carboxylic acids is 1. The molecule has 0 radical (unpaired) electrons. The zero-order valence-electron chi connectivity index (χ0n) is 12.2. The van der Waals surface area contributed by atoms with Gasteiger partial charge in [-0.3, -0.25) is 14.6 Å². The van der Waals surface area contributed by atoms with Crippen LogP contribution in [0.15, 0.2) is 24.3 Å². The predicted molar refractivity (Wildman–Crippen MR) is 80.1 cm³/mol. The van der Waals surface area contributed by atoms with Crippen molar-refractivity contribution < 1.29 is 9.90 Å². The van der Waals surface area contributed by atoms with E-state index in [1.54, 1.807) is 0 Å². The number of aliphatic hydroxyl groups excluding tert-OH is 1. The second-order valence-corrected chi connectivity index (χ2v) is 5.49. The molecule has 20 heavy (non-hydrogen) atoms. The lowest BCUT2D eigenvalue weighted by Crippen LogP contribution is -2.35. The lowest BCUT2D eigenvalue weighted by Gasteiger charge is -2.20. The van der Waals surface area contributed by atoms with E-state index in [-0.39, 0.29) is 12.4 Å². The molecule has 0 amide bonds. The van der Waals surface area contributed by atoms with E-state index < -0.39 is 0 Å². The fourth-order valence-corrected chi connectivity index (χ4v) is 2.66. The molecule has 1 saturated heterocycles. The lowest BCUT2D eigenvalue weighted by molar-refractivity contribution is 0.0932. The maximum Gasteiger partial charge on any atom is 0.176 e. The second-order valence-electron chi connectivity index (χ2n) is 5.49. The van der Waals surface area contributed by atoms with Crippen molar-refractivity contribution in [3.63, 3.8) is 0 Å². The summed E-state index contributed by atoms with van der Waals surface area (Å²) in [6.45, 7) is 7.25. The summed E-state index contributed by atoms with van der Waals surface area (Å²) in [5.41, 5.74) is 1.93. The summed E-state index contributed by atoms with van der Waals surface area (Å²) in [5, 5.41) is 8.99. The maximum atomic E-state index is 12.3. The molecule has 110 valence electrons. The molecule has 1 fully saturated rings. The average Bonchev–Trinajstić information content (AvgIpc) is 2.65. The van der Waals surface area contributed by atoms with Crippen molar-refractivity contribution in [1.82, 2.24) is 9.80 Å². The number of ketones is 1. The first-order valence-electron chi connectivity index (χ1n) is 7.34. The van der Waals surface area contributed by atoms with Crippen molar-refractivity contribution in [2.45, 2.75) is 13.3 Å². The van der Waals surface area contributed by atoms with Crippen LogP contribution < -0.4 is 0 Å². The lowest BCUT2D eigenvalue weighted by atomic mass is 10.1. The quantitative estimate of drug-likeness (QED) is 0.820. The molecule has 1 aliphatic rings. The Morgan fingerprint density at radius 2 is 1.95 bits per heavy atom. The van der Waals surface area contributed by atoms with Gasteiger partial charge in [0.2, 0.25) is 0 Å². The van der Waals surface area contributed by atoms with Gasteiger partial charge in [-0.25, -0.2) is 0 Å². The molecule has 1 aromatic carbocycles. The molecule has 0 bridgehead atoms. The molecular weight excluding hydrogens is 252 g/mol. The Kier molecular flexibility index (Phi) is 5.71. The molecule has 0 aliphatic carbocycles. The Bertz CT molecular complexity index is 448. The van der Waals surface area contributed by atoms with Crippen molar-refractivity contribution >= 4 is 5.78 Å². The molecule has 2 rings (SSSR count). The van der Waals surface area contributed by atoms with Gasteiger partial charge in [-0.05, 0) is 32.5 Å². The van der Waals surface area contributed by atoms with Crippen LogP contribution in [0.3, 0.4) is 0 Å². The highest BCUT2D eigenvalue weighted by Crippen LogP contribution is 2.08. The van der Waals surface area contributed by atoms with Gasteiger partial charge in [-0.2, -0.15) is 0 Å². The molecule has 0 saturated carbocycles. The summed E-state index contributed by atoms with van der Waals surface area (Å²) in [7, 11) is 0. The molecule has 0 spiro atoms. The monoisotopic (exact) mass is 276 g/mol. The van der Waals surface area contributed by atoms with E-state index in [2.05, 4.69) is 9.80 Å².